The van der Waals surface area contributed by atoms with Gasteiger partial charge in [0.05, 0.1) is 11.4 Å². The first kappa shape index (κ1) is 24.2. The number of urea groups is 1. The highest BCUT2D eigenvalue weighted by atomic mass is 16.2. The molecule has 0 saturated carbocycles. The van der Waals surface area contributed by atoms with Crippen molar-refractivity contribution in [2.24, 2.45) is 0 Å². The van der Waals surface area contributed by atoms with E-state index in [0.717, 1.165) is 27.1 Å². The van der Waals surface area contributed by atoms with Crippen molar-refractivity contribution in [2.75, 3.05) is 11.9 Å². The molecule has 0 unspecified atom stereocenters. The van der Waals surface area contributed by atoms with Crippen molar-refractivity contribution in [3.05, 3.63) is 90.1 Å². The minimum absolute atomic E-state index is 0.245. The lowest BCUT2D eigenvalue weighted by Gasteiger charge is -2.24. The van der Waals surface area contributed by atoms with E-state index >= 15 is 0 Å². The third-order valence-electron chi connectivity index (χ3n) is 6.65. The highest BCUT2D eigenvalue weighted by molar-refractivity contribution is 6.11. The van der Waals surface area contributed by atoms with E-state index < -0.39 is 29.9 Å². The van der Waals surface area contributed by atoms with Crippen LogP contribution in [0, 0.1) is 0 Å². The van der Waals surface area contributed by atoms with Gasteiger partial charge < -0.3 is 10.6 Å². The van der Waals surface area contributed by atoms with Crippen LogP contribution in [-0.2, 0) is 20.5 Å². The minimum atomic E-state index is -1.29. The second-order valence-electron chi connectivity index (χ2n) is 10.4. The van der Waals surface area contributed by atoms with Crippen LogP contribution in [0.4, 0.5) is 10.6 Å². The minimum Gasteiger partial charge on any atom is -0.319 e. The van der Waals surface area contributed by atoms with Crippen LogP contribution in [0.25, 0.3) is 16.5 Å². The molecule has 1 fully saturated rings. The molecule has 1 aromatic heterocycles. The number of carbonyl (C=O) groups excluding carboxylic acids is 3. The number of amides is 4. The molecule has 1 aliphatic heterocycles. The third-order valence-corrected chi connectivity index (χ3v) is 6.65. The Hall–Kier alpha value is -4.46. The molecule has 1 atom stereocenters. The first-order chi connectivity index (χ1) is 17.6. The van der Waals surface area contributed by atoms with E-state index in [2.05, 4.69) is 10.6 Å². The number of hydrogen-bond acceptors (Lipinski definition) is 4. The maximum absolute atomic E-state index is 13.5. The average molecular weight is 496 g/mol. The van der Waals surface area contributed by atoms with Gasteiger partial charge in [-0.05, 0) is 35.4 Å². The normalized spacial score (nSPS) is 17.8. The lowest BCUT2D eigenvalue weighted by Crippen LogP contribution is -2.42. The molecule has 2 N–H and O–H groups in total. The topological polar surface area (TPSA) is 96.3 Å². The Bertz CT molecular complexity index is 1510. The lowest BCUT2D eigenvalue weighted by atomic mass is 9.88. The average Bonchev–Trinajstić information content (AvgIpc) is 3.39. The number of hydrogen-bond donors (Lipinski definition) is 2. The number of rotatable bonds is 5. The van der Waals surface area contributed by atoms with Gasteiger partial charge in [0.2, 0.25) is 5.91 Å². The van der Waals surface area contributed by atoms with Crippen molar-refractivity contribution in [3.63, 3.8) is 0 Å². The first-order valence-electron chi connectivity index (χ1n) is 12.2. The van der Waals surface area contributed by atoms with Gasteiger partial charge in [0.25, 0.3) is 5.91 Å². The van der Waals surface area contributed by atoms with Crippen molar-refractivity contribution in [3.8, 4) is 5.69 Å². The quantitative estimate of drug-likeness (QED) is 0.391. The Morgan fingerprint density at radius 3 is 2.38 bits per heavy atom. The summed E-state index contributed by atoms with van der Waals surface area (Å²) in [7, 11) is 0. The van der Waals surface area contributed by atoms with E-state index in [9.17, 15) is 14.4 Å². The summed E-state index contributed by atoms with van der Waals surface area (Å²) in [5.74, 6) is -0.510. The molecule has 2 heterocycles. The molecule has 0 bridgehead atoms. The number of imide groups is 1. The van der Waals surface area contributed by atoms with Crippen LogP contribution in [0.15, 0.2) is 78.9 Å². The van der Waals surface area contributed by atoms with E-state index in [4.69, 9.17) is 5.10 Å². The van der Waals surface area contributed by atoms with Crippen molar-refractivity contribution in [1.82, 2.24) is 20.0 Å². The first-order valence-corrected chi connectivity index (χ1v) is 12.2. The fourth-order valence-corrected chi connectivity index (χ4v) is 4.61. The molecule has 8 heteroatoms. The number of nitrogens with one attached hydrogen (secondary N) is 2. The van der Waals surface area contributed by atoms with E-state index in [1.54, 1.807) is 11.6 Å². The van der Waals surface area contributed by atoms with Crippen LogP contribution in [0.5, 0.6) is 0 Å². The van der Waals surface area contributed by atoms with Crippen molar-refractivity contribution in [2.45, 2.75) is 38.6 Å². The van der Waals surface area contributed by atoms with Crippen LogP contribution in [-0.4, -0.2) is 39.1 Å². The van der Waals surface area contributed by atoms with Gasteiger partial charge in [-0.15, -0.1) is 0 Å². The summed E-state index contributed by atoms with van der Waals surface area (Å²) in [4.78, 5) is 40.6. The van der Waals surface area contributed by atoms with Crippen LogP contribution in [0.1, 0.15) is 39.0 Å². The maximum Gasteiger partial charge on any atom is 0.325 e. The number of carbonyl (C=O) groups is 3. The molecular weight excluding hydrogens is 466 g/mol. The van der Waals surface area contributed by atoms with Crippen LogP contribution in [0.3, 0.4) is 0 Å². The fourth-order valence-electron chi connectivity index (χ4n) is 4.61. The SMILES string of the molecule is CC(C)(C)c1cc(NC(=O)CN2C(=O)N[C@@](C)(c3cccc4ccccc34)C2=O)n(-c2ccccc2)n1. The van der Waals surface area contributed by atoms with Gasteiger partial charge in [0.15, 0.2) is 0 Å². The molecule has 0 aliphatic carbocycles. The van der Waals surface area contributed by atoms with Gasteiger partial charge in [0, 0.05) is 11.5 Å². The van der Waals surface area contributed by atoms with E-state index in [1.807, 2.05) is 99.6 Å². The monoisotopic (exact) mass is 495 g/mol. The molecule has 188 valence electrons. The number of aromatic nitrogens is 2. The molecule has 1 aliphatic rings. The van der Waals surface area contributed by atoms with Crippen LogP contribution >= 0.6 is 0 Å². The standard InChI is InChI=1S/C29H29N5O3/c1-28(2,3)23-17-24(34(32-23)20-13-6-5-7-14-20)30-25(35)18-33-26(36)29(4,31-27(33)37)22-16-10-12-19-11-8-9-15-21(19)22/h5-17H,18H2,1-4H3,(H,30,35)(H,31,37)/t29-/m0/s1. The Balaban J connectivity index is 1.41. The van der Waals surface area contributed by atoms with Crippen molar-refractivity contribution in [1.29, 1.82) is 0 Å². The smallest absolute Gasteiger partial charge is 0.319 e. The zero-order valence-electron chi connectivity index (χ0n) is 21.3. The number of benzene rings is 3. The van der Waals surface area contributed by atoms with Crippen LogP contribution in [0.2, 0.25) is 0 Å². The summed E-state index contributed by atoms with van der Waals surface area (Å²) in [6, 6.07) is 24.0. The molecule has 5 rings (SSSR count). The van der Waals surface area contributed by atoms with E-state index in [0.29, 0.717) is 11.4 Å². The molecule has 0 radical (unpaired) electrons. The number of anilines is 1. The van der Waals surface area contributed by atoms with E-state index in [1.165, 1.54) is 0 Å². The maximum atomic E-state index is 13.5. The van der Waals surface area contributed by atoms with Gasteiger partial charge in [-0.3, -0.25) is 14.5 Å². The summed E-state index contributed by atoms with van der Waals surface area (Å²) < 4.78 is 1.66. The van der Waals surface area contributed by atoms with Crippen LogP contribution < -0.4 is 10.6 Å². The molecule has 3 aromatic carbocycles. The molecule has 37 heavy (non-hydrogen) atoms. The predicted octanol–water partition coefficient (Wildman–Crippen LogP) is 4.73. The molecule has 1 saturated heterocycles. The third kappa shape index (κ3) is 4.35. The highest BCUT2D eigenvalue weighted by Crippen LogP contribution is 2.34. The summed E-state index contributed by atoms with van der Waals surface area (Å²) in [5.41, 5.74) is 0.731. The summed E-state index contributed by atoms with van der Waals surface area (Å²) >= 11 is 0. The highest BCUT2D eigenvalue weighted by Gasteiger charge is 2.50. The predicted molar refractivity (Wildman–Crippen MR) is 142 cm³/mol. The zero-order chi connectivity index (χ0) is 26.4. The summed E-state index contributed by atoms with van der Waals surface area (Å²) in [6.07, 6.45) is 0. The number of para-hydroxylation sites is 1. The Morgan fingerprint density at radius 2 is 1.65 bits per heavy atom. The van der Waals surface area contributed by atoms with Crippen molar-refractivity contribution < 1.29 is 14.4 Å². The number of fused-ring (bicyclic) bond motifs is 1. The lowest BCUT2D eigenvalue weighted by molar-refractivity contribution is -0.133. The summed E-state index contributed by atoms with van der Waals surface area (Å²) in [6.45, 7) is 7.37. The number of nitrogens with zero attached hydrogens (tertiary/aromatic N) is 3. The molecular formula is C29H29N5O3. The molecule has 0 spiro atoms. The van der Waals surface area contributed by atoms with Gasteiger partial charge in [-0.25, -0.2) is 9.48 Å². The Morgan fingerprint density at radius 1 is 0.973 bits per heavy atom. The van der Waals surface area contributed by atoms with Crippen molar-refractivity contribution >= 4 is 34.4 Å². The second kappa shape index (κ2) is 8.89. The molecule has 8 nitrogen and oxygen atoms in total. The zero-order valence-corrected chi connectivity index (χ0v) is 21.3. The van der Waals surface area contributed by atoms with Gasteiger partial charge in [-0.1, -0.05) is 81.4 Å². The second-order valence-corrected chi connectivity index (χ2v) is 10.4. The molecule has 4 amide bonds. The van der Waals surface area contributed by atoms with Gasteiger partial charge >= 0.3 is 6.03 Å². The summed E-state index contributed by atoms with van der Waals surface area (Å²) in [5, 5.41) is 12.2. The largest absolute Gasteiger partial charge is 0.325 e. The van der Waals surface area contributed by atoms with Gasteiger partial charge in [0.1, 0.15) is 17.9 Å². The molecule has 4 aromatic rings. The fraction of sp³-hybridized carbons (Fsp3) is 0.241. The van der Waals surface area contributed by atoms with E-state index in [-0.39, 0.29) is 5.41 Å². The Labute approximate surface area is 215 Å². The Kier molecular flexibility index (Phi) is 5.82. The van der Waals surface area contributed by atoms with Gasteiger partial charge in [-0.2, -0.15) is 5.10 Å².